The normalized spacial score (nSPS) is 14.9. The van der Waals surface area contributed by atoms with Gasteiger partial charge in [-0.1, -0.05) is 44.2 Å². The number of carbonyl (C=O) groups is 1. The Balaban J connectivity index is 3.28. The number of rotatable bonds is 4. The van der Waals surface area contributed by atoms with E-state index < -0.39 is 11.4 Å². The van der Waals surface area contributed by atoms with Crippen LogP contribution >= 0.6 is 0 Å². The fourth-order valence-electron chi connectivity index (χ4n) is 1.88. The molecule has 0 aromatic heterocycles. The van der Waals surface area contributed by atoms with Gasteiger partial charge >= 0.3 is 5.97 Å². The molecule has 3 heteroatoms. The summed E-state index contributed by atoms with van der Waals surface area (Å²) in [5, 5.41) is 9.37. The van der Waals surface area contributed by atoms with Gasteiger partial charge in [0.1, 0.15) is 5.41 Å². The molecule has 0 aliphatic carbocycles. The van der Waals surface area contributed by atoms with E-state index in [1.165, 1.54) is 0 Å². The Bertz CT molecular complexity index is 335. The van der Waals surface area contributed by atoms with Gasteiger partial charge in [0.05, 0.1) is 0 Å². The molecule has 0 bridgehead atoms. The maximum atomic E-state index is 11.4. The van der Waals surface area contributed by atoms with Gasteiger partial charge in [-0.05, 0) is 11.5 Å². The standard InChI is InChI=1S/C12H17NO2/c1-9(2)12(8-13,11(14)15)10-6-4-3-5-7-10/h3-7,9H,8,13H2,1-2H3,(H,14,15). The van der Waals surface area contributed by atoms with Gasteiger partial charge < -0.3 is 10.8 Å². The SMILES string of the molecule is CC(C)C(CN)(C(=O)O)c1ccccc1. The molecule has 0 saturated carbocycles. The van der Waals surface area contributed by atoms with E-state index in [-0.39, 0.29) is 12.5 Å². The number of carboxylic acids is 1. The molecule has 0 amide bonds. The van der Waals surface area contributed by atoms with Crippen LogP contribution in [0.1, 0.15) is 19.4 Å². The van der Waals surface area contributed by atoms with E-state index in [2.05, 4.69) is 0 Å². The Kier molecular flexibility index (Phi) is 3.48. The molecule has 0 fully saturated rings. The van der Waals surface area contributed by atoms with E-state index in [0.717, 1.165) is 5.56 Å². The molecule has 3 N–H and O–H groups in total. The minimum absolute atomic E-state index is 0.0394. The predicted molar refractivity (Wildman–Crippen MR) is 59.6 cm³/mol. The van der Waals surface area contributed by atoms with Gasteiger partial charge in [0.2, 0.25) is 0 Å². The Labute approximate surface area is 89.9 Å². The van der Waals surface area contributed by atoms with Crippen LogP contribution in [0.5, 0.6) is 0 Å². The molecule has 1 atom stereocenters. The quantitative estimate of drug-likeness (QED) is 0.788. The van der Waals surface area contributed by atoms with Gasteiger partial charge in [-0.25, -0.2) is 0 Å². The first-order chi connectivity index (χ1) is 7.05. The van der Waals surface area contributed by atoms with E-state index >= 15 is 0 Å². The summed E-state index contributed by atoms with van der Waals surface area (Å²) in [6.45, 7) is 3.88. The van der Waals surface area contributed by atoms with E-state index in [0.29, 0.717) is 0 Å². The van der Waals surface area contributed by atoms with E-state index in [1.807, 2.05) is 44.2 Å². The van der Waals surface area contributed by atoms with Crippen molar-refractivity contribution in [3.63, 3.8) is 0 Å². The van der Waals surface area contributed by atoms with Gasteiger partial charge in [0.25, 0.3) is 0 Å². The summed E-state index contributed by atoms with van der Waals surface area (Å²) in [5.74, 6) is -0.895. The number of nitrogens with two attached hydrogens (primary N) is 1. The van der Waals surface area contributed by atoms with Crippen molar-refractivity contribution in [3.05, 3.63) is 35.9 Å². The molecule has 15 heavy (non-hydrogen) atoms. The lowest BCUT2D eigenvalue weighted by atomic mass is 9.72. The molecule has 0 heterocycles. The van der Waals surface area contributed by atoms with Crippen molar-refractivity contribution in [2.75, 3.05) is 6.54 Å². The van der Waals surface area contributed by atoms with Crippen LogP contribution in [0.2, 0.25) is 0 Å². The van der Waals surface area contributed by atoms with Crippen LogP contribution in [0, 0.1) is 5.92 Å². The van der Waals surface area contributed by atoms with Gasteiger partial charge in [-0.2, -0.15) is 0 Å². The summed E-state index contributed by atoms with van der Waals surface area (Å²) in [5.41, 5.74) is 5.46. The molecule has 0 saturated heterocycles. The second kappa shape index (κ2) is 4.45. The topological polar surface area (TPSA) is 63.3 Å². The number of hydrogen-bond donors (Lipinski definition) is 2. The smallest absolute Gasteiger partial charge is 0.315 e. The van der Waals surface area contributed by atoms with E-state index in [4.69, 9.17) is 5.73 Å². The van der Waals surface area contributed by atoms with Crippen LogP contribution in [0.3, 0.4) is 0 Å². The highest BCUT2D eigenvalue weighted by molar-refractivity contribution is 5.82. The number of hydrogen-bond acceptors (Lipinski definition) is 2. The van der Waals surface area contributed by atoms with E-state index in [9.17, 15) is 9.90 Å². The van der Waals surface area contributed by atoms with E-state index in [1.54, 1.807) is 0 Å². The van der Waals surface area contributed by atoms with Crippen LogP contribution in [-0.2, 0) is 10.2 Å². The molecule has 82 valence electrons. The lowest BCUT2D eigenvalue weighted by molar-refractivity contribution is -0.145. The lowest BCUT2D eigenvalue weighted by Gasteiger charge is -2.32. The predicted octanol–water partition coefficient (Wildman–Crippen LogP) is 1.62. The number of carboxylic acid groups (broad SMARTS) is 1. The monoisotopic (exact) mass is 207 g/mol. The van der Waals surface area contributed by atoms with Crippen LogP contribution in [0.15, 0.2) is 30.3 Å². The van der Waals surface area contributed by atoms with Crippen molar-refractivity contribution < 1.29 is 9.90 Å². The van der Waals surface area contributed by atoms with Gasteiger partial charge in [-0.15, -0.1) is 0 Å². The van der Waals surface area contributed by atoms with Crippen molar-refractivity contribution in [2.24, 2.45) is 11.7 Å². The summed E-state index contributed by atoms with van der Waals surface area (Å²) in [6.07, 6.45) is 0. The fraction of sp³-hybridized carbons (Fsp3) is 0.417. The highest BCUT2D eigenvalue weighted by Crippen LogP contribution is 2.31. The molecule has 0 spiro atoms. The van der Waals surface area contributed by atoms with Crippen LogP contribution in [0.4, 0.5) is 0 Å². The highest BCUT2D eigenvalue weighted by Gasteiger charge is 2.41. The molecule has 0 aliphatic rings. The Morgan fingerprint density at radius 3 is 2.27 bits per heavy atom. The fourth-order valence-corrected chi connectivity index (χ4v) is 1.88. The van der Waals surface area contributed by atoms with Gasteiger partial charge in [-0.3, -0.25) is 4.79 Å². The first-order valence-corrected chi connectivity index (χ1v) is 5.04. The average molecular weight is 207 g/mol. The summed E-state index contributed by atoms with van der Waals surface area (Å²) in [6, 6.07) is 9.19. The Hall–Kier alpha value is -1.35. The zero-order valence-corrected chi connectivity index (χ0v) is 9.10. The van der Waals surface area contributed by atoms with Crippen LogP contribution in [-0.4, -0.2) is 17.6 Å². The Morgan fingerprint density at radius 2 is 1.93 bits per heavy atom. The van der Waals surface area contributed by atoms with Gasteiger partial charge in [0, 0.05) is 6.54 Å². The molecular weight excluding hydrogens is 190 g/mol. The number of benzene rings is 1. The van der Waals surface area contributed by atoms with Crippen molar-refractivity contribution >= 4 is 5.97 Å². The third-order valence-corrected chi connectivity index (χ3v) is 2.98. The molecule has 1 rings (SSSR count). The molecule has 0 radical (unpaired) electrons. The first-order valence-electron chi connectivity index (χ1n) is 5.04. The molecular formula is C12H17NO2. The molecule has 1 aromatic carbocycles. The first kappa shape index (κ1) is 11.7. The van der Waals surface area contributed by atoms with Crippen molar-refractivity contribution in [2.45, 2.75) is 19.3 Å². The van der Waals surface area contributed by atoms with Crippen LogP contribution in [0.25, 0.3) is 0 Å². The average Bonchev–Trinajstić information content (AvgIpc) is 2.20. The summed E-state index contributed by atoms with van der Waals surface area (Å²) in [4.78, 5) is 11.4. The second-order valence-corrected chi connectivity index (χ2v) is 4.00. The Morgan fingerprint density at radius 1 is 1.40 bits per heavy atom. The lowest BCUT2D eigenvalue weighted by Crippen LogP contribution is -2.47. The van der Waals surface area contributed by atoms with Crippen molar-refractivity contribution in [3.8, 4) is 0 Å². The number of aliphatic carboxylic acids is 1. The van der Waals surface area contributed by atoms with Gasteiger partial charge in [0.15, 0.2) is 0 Å². The molecule has 1 unspecified atom stereocenters. The molecule has 0 aliphatic heterocycles. The summed E-state index contributed by atoms with van der Waals surface area (Å²) < 4.78 is 0. The van der Waals surface area contributed by atoms with Crippen molar-refractivity contribution in [1.82, 2.24) is 0 Å². The minimum Gasteiger partial charge on any atom is -0.481 e. The minimum atomic E-state index is -0.971. The molecule has 1 aromatic rings. The summed E-state index contributed by atoms with van der Waals surface area (Å²) in [7, 11) is 0. The summed E-state index contributed by atoms with van der Waals surface area (Å²) >= 11 is 0. The zero-order valence-electron chi connectivity index (χ0n) is 9.10. The van der Waals surface area contributed by atoms with Crippen LogP contribution < -0.4 is 5.73 Å². The highest BCUT2D eigenvalue weighted by atomic mass is 16.4. The maximum absolute atomic E-state index is 11.4. The zero-order chi connectivity index (χ0) is 11.5. The molecule has 3 nitrogen and oxygen atoms in total. The largest absolute Gasteiger partial charge is 0.481 e. The third kappa shape index (κ3) is 1.88. The van der Waals surface area contributed by atoms with Crippen molar-refractivity contribution in [1.29, 1.82) is 0 Å². The maximum Gasteiger partial charge on any atom is 0.315 e. The second-order valence-electron chi connectivity index (χ2n) is 4.00. The third-order valence-electron chi connectivity index (χ3n) is 2.98.